The number of methoxy groups -OCH3 is 1. The highest BCUT2D eigenvalue weighted by Gasteiger charge is 2.09. The van der Waals surface area contributed by atoms with E-state index in [9.17, 15) is 4.79 Å². The largest absolute Gasteiger partial charge is 0.465 e. The topological polar surface area (TPSA) is 62.1 Å². The number of carbonyl (C=O) groups is 1. The predicted molar refractivity (Wildman–Crippen MR) is 77.4 cm³/mol. The molecule has 0 radical (unpaired) electrons. The normalized spacial score (nSPS) is 13.3. The minimum atomic E-state index is -0.439. The van der Waals surface area contributed by atoms with Gasteiger partial charge >= 0.3 is 5.97 Å². The Morgan fingerprint density at radius 2 is 2.30 bits per heavy atom. The van der Waals surface area contributed by atoms with Crippen molar-refractivity contribution in [3.63, 3.8) is 0 Å². The van der Waals surface area contributed by atoms with Gasteiger partial charge < -0.3 is 10.1 Å². The Labute approximate surface area is 118 Å². The summed E-state index contributed by atoms with van der Waals surface area (Å²) in [6.45, 7) is 0.669. The zero-order valence-corrected chi connectivity index (χ0v) is 11.3. The fourth-order valence-electron chi connectivity index (χ4n) is 2.03. The van der Waals surface area contributed by atoms with Crippen LogP contribution in [0.3, 0.4) is 0 Å². The van der Waals surface area contributed by atoms with Crippen LogP contribution in [0.5, 0.6) is 0 Å². The van der Waals surface area contributed by atoms with Gasteiger partial charge in [0.05, 0.1) is 23.9 Å². The summed E-state index contributed by atoms with van der Waals surface area (Å²) in [4.78, 5) is 11.4. The molecule has 1 aliphatic rings. The van der Waals surface area contributed by atoms with Gasteiger partial charge in [-0.2, -0.15) is 5.26 Å². The molecular formula is C16H16N2O2. The van der Waals surface area contributed by atoms with Gasteiger partial charge in [-0.1, -0.05) is 18.2 Å². The molecule has 0 atom stereocenters. The van der Waals surface area contributed by atoms with Crippen molar-refractivity contribution in [3.8, 4) is 6.07 Å². The third-order valence-electron chi connectivity index (χ3n) is 3.12. The predicted octanol–water partition coefficient (Wildman–Crippen LogP) is 3.03. The molecule has 0 saturated carbocycles. The van der Waals surface area contributed by atoms with Crippen molar-refractivity contribution in [1.29, 1.82) is 5.26 Å². The lowest BCUT2D eigenvalue weighted by molar-refractivity contribution is 0.0600. The number of nitrogens with one attached hydrogen (secondary N) is 1. The van der Waals surface area contributed by atoms with Crippen molar-refractivity contribution < 1.29 is 9.53 Å². The summed E-state index contributed by atoms with van der Waals surface area (Å²) in [5, 5.41) is 12.4. The molecule has 0 aromatic heterocycles. The standard InChI is InChI=1S/C16H16N2O2/c1-20-16(19)13-7-8-15(14(9-13)10-17)18-11-12-5-3-2-4-6-12/h3,5-9,18H,2,4,11H2,1H3. The number of ether oxygens (including phenoxy) is 1. The summed E-state index contributed by atoms with van der Waals surface area (Å²) in [6, 6.07) is 7.02. The number of hydrogen-bond donors (Lipinski definition) is 1. The van der Waals surface area contributed by atoms with E-state index in [1.54, 1.807) is 18.2 Å². The Morgan fingerprint density at radius 3 is 2.95 bits per heavy atom. The van der Waals surface area contributed by atoms with E-state index in [-0.39, 0.29) is 0 Å². The highest BCUT2D eigenvalue weighted by atomic mass is 16.5. The van der Waals surface area contributed by atoms with Gasteiger partial charge in [0.1, 0.15) is 6.07 Å². The number of esters is 1. The van der Waals surface area contributed by atoms with E-state index in [0.717, 1.165) is 18.5 Å². The van der Waals surface area contributed by atoms with Gasteiger partial charge in [-0.05, 0) is 36.6 Å². The minimum absolute atomic E-state index is 0.381. The third-order valence-corrected chi connectivity index (χ3v) is 3.12. The quantitative estimate of drug-likeness (QED) is 0.852. The summed E-state index contributed by atoms with van der Waals surface area (Å²) in [7, 11) is 1.32. The first-order valence-corrected chi connectivity index (χ1v) is 6.46. The number of anilines is 1. The molecular weight excluding hydrogens is 252 g/mol. The molecule has 1 aromatic rings. The van der Waals surface area contributed by atoms with Gasteiger partial charge in [0, 0.05) is 6.54 Å². The molecule has 102 valence electrons. The maximum Gasteiger partial charge on any atom is 0.337 e. The van der Waals surface area contributed by atoms with Gasteiger partial charge in [-0.3, -0.25) is 0 Å². The molecule has 0 heterocycles. The fourth-order valence-corrected chi connectivity index (χ4v) is 2.03. The zero-order chi connectivity index (χ0) is 14.4. The SMILES string of the molecule is COC(=O)c1ccc(NCC2=CCCC=C2)c(C#N)c1. The number of benzene rings is 1. The lowest BCUT2D eigenvalue weighted by Crippen LogP contribution is -2.08. The number of allylic oxidation sites excluding steroid dienone is 2. The van der Waals surface area contributed by atoms with E-state index in [2.05, 4.69) is 34.4 Å². The molecule has 2 rings (SSSR count). The van der Waals surface area contributed by atoms with Gasteiger partial charge in [-0.25, -0.2) is 4.79 Å². The van der Waals surface area contributed by atoms with Gasteiger partial charge in [-0.15, -0.1) is 0 Å². The van der Waals surface area contributed by atoms with E-state index in [1.165, 1.54) is 12.7 Å². The maximum atomic E-state index is 11.4. The summed E-state index contributed by atoms with van der Waals surface area (Å²) < 4.78 is 4.64. The van der Waals surface area contributed by atoms with Crippen LogP contribution in [-0.4, -0.2) is 19.6 Å². The van der Waals surface area contributed by atoms with Gasteiger partial charge in [0.2, 0.25) is 0 Å². The van der Waals surface area contributed by atoms with Crippen LogP contribution in [0.25, 0.3) is 0 Å². The minimum Gasteiger partial charge on any atom is -0.465 e. The summed E-state index contributed by atoms with van der Waals surface area (Å²) in [5.74, 6) is -0.439. The van der Waals surface area contributed by atoms with Crippen LogP contribution in [0.1, 0.15) is 28.8 Å². The molecule has 0 fully saturated rings. The van der Waals surface area contributed by atoms with Crippen molar-refractivity contribution in [2.24, 2.45) is 0 Å². The first-order chi connectivity index (χ1) is 9.74. The number of nitrogens with zero attached hydrogens (tertiary/aromatic N) is 1. The number of rotatable bonds is 4. The van der Waals surface area contributed by atoms with Crippen LogP contribution in [0.4, 0.5) is 5.69 Å². The molecule has 0 amide bonds. The molecule has 0 bridgehead atoms. The highest BCUT2D eigenvalue weighted by molar-refractivity contribution is 5.90. The molecule has 20 heavy (non-hydrogen) atoms. The van der Waals surface area contributed by atoms with Crippen molar-refractivity contribution in [2.45, 2.75) is 12.8 Å². The van der Waals surface area contributed by atoms with Crippen molar-refractivity contribution in [1.82, 2.24) is 0 Å². The number of carbonyl (C=O) groups excluding carboxylic acids is 1. The molecule has 1 aliphatic carbocycles. The number of hydrogen-bond acceptors (Lipinski definition) is 4. The molecule has 1 aromatic carbocycles. The summed E-state index contributed by atoms with van der Waals surface area (Å²) in [6.07, 6.45) is 8.55. The molecule has 4 heteroatoms. The Hall–Kier alpha value is -2.54. The fraction of sp³-hybridized carbons (Fsp3) is 0.250. The molecule has 0 spiro atoms. The summed E-state index contributed by atoms with van der Waals surface area (Å²) in [5.41, 5.74) is 2.75. The average Bonchev–Trinajstić information content (AvgIpc) is 2.53. The van der Waals surface area contributed by atoms with Crippen molar-refractivity contribution >= 4 is 11.7 Å². The van der Waals surface area contributed by atoms with Crippen molar-refractivity contribution in [3.05, 3.63) is 53.1 Å². The van der Waals surface area contributed by atoms with Crippen LogP contribution in [-0.2, 0) is 4.74 Å². The lowest BCUT2D eigenvalue weighted by Gasteiger charge is -2.11. The third kappa shape index (κ3) is 3.27. The Balaban J connectivity index is 2.12. The van der Waals surface area contributed by atoms with Gasteiger partial charge in [0.15, 0.2) is 0 Å². The Kier molecular flexibility index (Phi) is 4.56. The number of nitriles is 1. The van der Waals surface area contributed by atoms with E-state index in [1.807, 2.05) is 0 Å². The second kappa shape index (κ2) is 6.58. The second-order valence-electron chi connectivity index (χ2n) is 4.48. The molecule has 4 nitrogen and oxygen atoms in total. The Bertz CT molecular complexity index is 609. The first-order valence-electron chi connectivity index (χ1n) is 6.46. The van der Waals surface area contributed by atoms with E-state index in [4.69, 9.17) is 5.26 Å². The van der Waals surface area contributed by atoms with Crippen LogP contribution >= 0.6 is 0 Å². The van der Waals surface area contributed by atoms with Crippen LogP contribution in [0, 0.1) is 11.3 Å². The van der Waals surface area contributed by atoms with Crippen molar-refractivity contribution in [2.75, 3.05) is 19.0 Å². The molecule has 0 saturated heterocycles. The second-order valence-corrected chi connectivity index (χ2v) is 4.48. The van der Waals surface area contributed by atoms with Crippen LogP contribution in [0.15, 0.2) is 42.0 Å². The van der Waals surface area contributed by atoms with E-state index >= 15 is 0 Å². The van der Waals surface area contributed by atoms with E-state index < -0.39 is 5.97 Å². The lowest BCUT2D eigenvalue weighted by atomic mass is 10.1. The maximum absolute atomic E-state index is 11.4. The Morgan fingerprint density at radius 1 is 1.45 bits per heavy atom. The zero-order valence-electron chi connectivity index (χ0n) is 11.3. The summed E-state index contributed by atoms with van der Waals surface area (Å²) >= 11 is 0. The molecule has 0 aliphatic heterocycles. The molecule has 1 N–H and O–H groups in total. The van der Waals surface area contributed by atoms with Crippen LogP contribution < -0.4 is 5.32 Å². The monoisotopic (exact) mass is 268 g/mol. The smallest absolute Gasteiger partial charge is 0.337 e. The van der Waals surface area contributed by atoms with Crippen LogP contribution in [0.2, 0.25) is 0 Å². The molecule has 0 unspecified atom stereocenters. The average molecular weight is 268 g/mol. The highest BCUT2D eigenvalue weighted by Crippen LogP contribution is 2.18. The first kappa shape index (κ1) is 13.9. The van der Waals surface area contributed by atoms with Gasteiger partial charge in [0.25, 0.3) is 0 Å². The van der Waals surface area contributed by atoms with E-state index in [0.29, 0.717) is 17.7 Å².